The average Bonchev–Trinajstić information content (AvgIpc) is 2.29. The van der Waals surface area contributed by atoms with Crippen molar-refractivity contribution in [1.82, 2.24) is 0 Å². The van der Waals surface area contributed by atoms with E-state index >= 15 is 0 Å². The van der Waals surface area contributed by atoms with Gasteiger partial charge in [0, 0.05) is 11.7 Å². The maximum Gasteiger partial charge on any atom is 0.313 e. The molecule has 0 aliphatic carbocycles. The Hall–Kier alpha value is -1.51. The van der Waals surface area contributed by atoms with Crippen molar-refractivity contribution < 1.29 is 9.53 Å². The average molecular weight is 219 g/mol. The van der Waals surface area contributed by atoms with Crippen molar-refractivity contribution in [3.05, 3.63) is 29.8 Å². The van der Waals surface area contributed by atoms with Gasteiger partial charge in [0.1, 0.15) is 0 Å². The molecule has 1 aliphatic rings. The van der Waals surface area contributed by atoms with Crippen LogP contribution in [0.1, 0.15) is 19.4 Å². The molecule has 16 heavy (non-hydrogen) atoms. The number of carbonyl (C=O) groups excluding carboxylic acids is 1. The van der Waals surface area contributed by atoms with Crippen LogP contribution in [0, 0.1) is 5.41 Å². The molecule has 1 N–H and O–H groups in total. The lowest BCUT2D eigenvalue weighted by atomic mass is 9.74. The van der Waals surface area contributed by atoms with Gasteiger partial charge in [-0.15, -0.1) is 0 Å². The fourth-order valence-electron chi connectivity index (χ4n) is 2.24. The first-order valence-electron chi connectivity index (χ1n) is 5.51. The van der Waals surface area contributed by atoms with Crippen LogP contribution in [0.3, 0.4) is 0 Å². The Bertz CT molecular complexity index is 416. The molecule has 0 saturated carbocycles. The van der Waals surface area contributed by atoms with Gasteiger partial charge in [-0.3, -0.25) is 4.79 Å². The Labute approximate surface area is 95.8 Å². The quantitative estimate of drug-likeness (QED) is 0.736. The van der Waals surface area contributed by atoms with Crippen molar-refractivity contribution in [2.45, 2.75) is 26.3 Å². The molecule has 0 amide bonds. The van der Waals surface area contributed by atoms with E-state index in [1.54, 1.807) is 0 Å². The second kappa shape index (κ2) is 3.81. The predicted octanol–water partition coefficient (Wildman–Crippen LogP) is 2.22. The molecule has 0 spiro atoms. The van der Waals surface area contributed by atoms with Crippen LogP contribution in [0.15, 0.2) is 24.3 Å². The number of carbonyl (C=O) groups is 1. The van der Waals surface area contributed by atoms with Gasteiger partial charge in [-0.05, 0) is 31.9 Å². The number of hydrogen-bond donors (Lipinski definition) is 1. The summed E-state index contributed by atoms with van der Waals surface area (Å²) in [7, 11) is 1.45. The monoisotopic (exact) mass is 219 g/mol. The van der Waals surface area contributed by atoms with Crippen LogP contribution in [0.5, 0.6) is 0 Å². The number of fused-ring (bicyclic) bond motifs is 1. The van der Waals surface area contributed by atoms with E-state index in [4.69, 9.17) is 4.74 Å². The number of para-hydroxylation sites is 1. The molecule has 0 radical (unpaired) electrons. The maximum absolute atomic E-state index is 11.8. The summed E-state index contributed by atoms with van der Waals surface area (Å²) in [6.07, 6.45) is 0.726. The highest BCUT2D eigenvalue weighted by molar-refractivity contribution is 5.80. The van der Waals surface area contributed by atoms with Crippen LogP contribution >= 0.6 is 0 Å². The lowest BCUT2D eigenvalue weighted by Gasteiger charge is -2.39. The molecule has 2 atom stereocenters. The van der Waals surface area contributed by atoms with Crippen LogP contribution in [0.4, 0.5) is 5.69 Å². The summed E-state index contributed by atoms with van der Waals surface area (Å²) in [5.74, 6) is -0.151. The van der Waals surface area contributed by atoms with Gasteiger partial charge in [0.2, 0.25) is 0 Å². The summed E-state index contributed by atoms with van der Waals surface area (Å²) < 4.78 is 4.90. The molecule has 1 aromatic rings. The van der Waals surface area contributed by atoms with E-state index in [2.05, 4.69) is 11.4 Å². The van der Waals surface area contributed by atoms with Gasteiger partial charge in [0.25, 0.3) is 0 Å². The molecule has 3 nitrogen and oxygen atoms in total. The first-order chi connectivity index (χ1) is 7.58. The van der Waals surface area contributed by atoms with Gasteiger partial charge in [0.15, 0.2) is 0 Å². The summed E-state index contributed by atoms with van der Waals surface area (Å²) in [6.45, 7) is 3.97. The summed E-state index contributed by atoms with van der Waals surface area (Å²) in [5, 5.41) is 3.36. The molecule has 86 valence electrons. The molecule has 1 heterocycles. The number of methoxy groups -OCH3 is 1. The highest BCUT2D eigenvalue weighted by Gasteiger charge is 2.43. The number of anilines is 1. The normalized spacial score (nSPS) is 27.8. The summed E-state index contributed by atoms with van der Waals surface area (Å²) in [6, 6.07) is 8.17. The number of nitrogens with one attached hydrogen (secondary N) is 1. The zero-order chi connectivity index (χ0) is 11.8. The molecule has 1 aliphatic heterocycles. The molecule has 0 fully saturated rings. The fourth-order valence-corrected chi connectivity index (χ4v) is 2.24. The molecule has 3 heteroatoms. The Morgan fingerprint density at radius 1 is 1.50 bits per heavy atom. The minimum Gasteiger partial charge on any atom is -0.469 e. The van der Waals surface area contributed by atoms with Gasteiger partial charge in [-0.1, -0.05) is 18.2 Å². The van der Waals surface area contributed by atoms with Crippen molar-refractivity contribution in [1.29, 1.82) is 0 Å². The molecule has 0 saturated heterocycles. The Kier molecular flexibility index (Phi) is 2.62. The second-order valence-electron chi connectivity index (χ2n) is 4.61. The van der Waals surface area contributed by atoms with Gasteiger partial charge in [-0.2, -0.15) is 0 Å². The molecular weight excluding hydrogens is 202 g/mol. The number of benzene rings is 1. The Balaban J connectivity index is 2.37. The van der Waals surface area contributed by atoms with Crippen LogP contribution < -0.4 is 5.32 Å². The van der Waals surface area contributed by atoms with E-state index in [1.807, 2.05) is 32.0 Å². The van der Waals surface area contributed by atoms with E-state index in [9.17, 15) is 4.79 Å². The largest absolute Gasteiger partial charge is 0.469 e. The smallest absolute Gasteiger partial charge is 0.313 e. The first kappa shape index (κ1) is 11.0. The molecule has 2 rings (SSSR count). The third-order valence-electron chi connectivity index (χ3n) is 3.55. The number of rotatable bonds is 1. The van der Waals surface area contributed by atoms with Gasteiger partial charge in [0.05, 0.1) is 12.5 Å². The third-order valence-corrected chi connectivity index (χ3v) is 3.55. The Morgan fingerprint density at radius 3 is 2.88 bits per heavy atom. The summed E-state index contributed by atoms with van der Waals surface area (Å²) in [5.41, 5.74) is 1.81. The van der Waals surface area contributed by atoms with E-state index in [0.29, 0.717) is 0 Å². The van der Waals surface area contributed by atoms with Gasteiger partial charge in [-0.25, -0.2) is 0 Å². The number of ether oxygens (including phenoxy) is 1. The second-order valence-corrected chi connectivity index (χ2v) is 4.61. The molecule has 0 unspecified atom stereocenters. The zero-order valence-corrected chi connectivity index (χ0v) is 9.91. The van der Waals surface area contributed by atoms with Gasteiger partial charge >= 0.3 is 5.97 Å². The fraction of sp³-hybridized carbons (Fsp3) is 0.462. The maximum atomic E-state index is 11.8. The summed E-state index contributed by atoms with van der Waals surface area (Å²) in [4.78, 5) is 11.8. The van der Waals surface area contributed by atoms with E-state index < -0.39 is 5.41 Å². The lowest BCUT2D eigenvalue weighted by Crippen LogP contribution is -2.47. The van der Waals surface area contributed by atoms with E-state index in [0.717, 1.165) is 12.1 Å². The topological polar surface area (TPSA) is 38.3 Å². The van der Waals surface area contributed by atoms with Crippen LogP contribution in [0.25, 0.3) is 0 Å². The highest BCUT2D eigenvalue weighted by Crippen LogP contribution is 2.37. The minimum atomic E-state index is -0.483. The van der Waals surface area contributed by atoms with Crippen molar-refractivity contribution in [3.63, 3.8) is 0 Å². The zero-order valence-electron chi connectivity index (χ0n) is 9.91. The van der Waals surface area contributed by atoms with Crippen LogP contribution in [-0.4, -0.2) is 19.1 Å². The number of hydrogen-bond acceptors (Lipinski definition) is 3. The standard InChI is InChI=1S/C13H17NO2/c1-9-13(2,12(15)16-3)8-10-6-4-5-7-11(10)14-9/h4-7,9,14H,8H2,1-3H3/t9-,13+/m0/s1. The first-order valence-corrected chi connectivity index (χ1v) is 5.51. The predicted molar refractivity (Wildman–Crippen MR) is 63.4 cm³/mol. The van der Waals surface area contributed by atoms with Crippen LogP contribution in [0.2, 0.25) is 0 Å². The molecule has 0 aromatic heterocycles. The SMILES string of the molecule is COC(=O)[C@]1(C)Cc2ccccc2N[C@H]1C. The molecular formula is C13H17NO2. The van der Waals surface area contributed by atoms with Crippen molar-refractivity contribution >= 4 is 11.7 Å². The minimum absolute atomic E-state index is 0.0786. The third kappa shape index (κ3) is 1.56. The highest BCUT2D eigenvalue weighted by atomic mass is 16.5. The van der Waals surface area contributed by atoms with Crippen molar-refractivity contribution in [3.8, 4) is 0 Å². The van der Waals surface area contributed by atoms with E-state index in [-0.39, 0.29) is 12.0 Å². The van der Waals surface area contributed by atoms with Crippen molar-refractivity contribution in [2.24, 2.45) is 5.41 Å². The Morgan fingerprint density at radius 2 is 2.19 bits per heavy atom. The van der Waals surface area contributed by atoms with Crippen molar-refractivity contribution in [2.75, 3.05) is 12.4 Å². The molecule has 0 bridgehead atoms. The van der Waals surface area contributed by atoms with Crippen LogP contribution in [-0.2, 0) is 16.0 Å². The summed E-state index contributed by atoms with van der Waals surface area (Å²) >= 11 is 0. The van der Waals surface area contributed by atoms with Gasteiger partial charge < -0.3 is 10.1 Å². The molecule has 1 aromatic carbocycles. The number of esters is 1. The van der Waals surface area contributed by atoms with E-state index in [1.165, 1.54) is 12.7 Å². The lowest BCUT2D eigenvalue weighted by molar-refractivity contribution is -0.152.